The van der Waals surface area contributed by atoms with E-state index >= 15 is 0 Å². The Morgan fingerprint density at radius 3 is 2.50 bits per heavy atom. The SMILES string of the molecule is O=C1/C(=C/c2ccccc2[N+](=O)[O-])SC(=S)N1Nc1ccccc1. The van der Waals surface area contributed by atoms with Crippen LogP contribution in [0.2, 0.25) is 0 Å². The van der Waals surface area contributed by atoms with E-state index in [1.54, 1.807) is 18.2 Å². The van der Waals surface area contributed by atoms with Crippen molar-refractivity contribution in [2.75, 3.05) is 5.43 Å². The molecule has 0 atom stereocenters. The van der Waals surface area contributed by atoms with Crippen LogP contribution in [0.5, 0.6) is 0 Å². The van der Waals surface area contributed by atoms with Crippen LogP contribution in [0.3, 0.4) is 0 Å². The van der Waals surface area contributed by atoms with E-state index in [-0.39, 0.29) is 11.6 Å². The number of thioether (sulfide) groups is 1. The predicted octanol–water partition coefficient (Wildman–Crippen LogP) is 3.82. The number of nitro groups is 1. The fourth-order valence-electron chi connectivity index (χ4n) is 2.12. The first-order chi connectivity index (χ1) is 11.6. The largest absolute Gasteiger partial charge is 0.290 e. The Bertz CT molecular complexity index is 853. The van der Waals surface area contributed by atoms with Gasteiger partial charge in [0.25, 0.3) is 11.6 Å². The molecule has 1 amide bonds. The number of benzene rings is 2. The van der Waals surface area contributed by atoms with Crippen LogP contribution in [-0.4, -0.2) is 20.2 Å². The number of nitrogens with zero attached hydrogens (tertiary/aromatic N) is 2. The van der Waals surface area contributed by atoms with Gasteiger partial charge in [0.2, 0.25) is 0 Å². The smallest absolute Gasteiger partial charge is 0.285 e. The lowest BCUT2D eigenvalue weighted by Crippen LogP contribution is -2.33. The molecule has 24 heavy (non-hydrogen) atoms. The number of carbonyl (C=O) groups excluding carboxylic acids is 1. The van der Waals surface area contributed by atoms with Crippen LogP contribution in [0.25, 0.3) is 6.08 Å². The second-order valence-corrected chi connectivity index (χ2v) is 6.49. The van der Waals surface area contributed by atoms with Crippen LogP contribution in [0, 0.1) is 10.1 Å². The van der Waals surface area contributed by atoms with Crippen molar-refractivity contribution in [2.24, 2.45) is 0 Å². The third-order valence-electron chi connectivity index (χ3n) is 3.23. The van der Waals surface area contributed by atoms with Gasteiger partial charge < -0.3 is 0 Å². The Kier molecular flexibility index (Phi) is 4.59. The van der Waals surface area contributed by atoms with Gasteiger partial charge in [0.05, 0.1) is 21.1 Å². The Hall–Kier alpha value is -2.71. The summed E-state index contributed by atoms with van der Waals surface area (Å²) < 4.78 is 0.341. The summed E-state index contributed by atoms with van der Waals surface area (Å²) in [7, 11) is 0. The number of hydrazine groups is 1. The molecule has 0 saturated carbocycles. The number of hydrogen-bond donors (Lipinski definition) is 1. The van der Waals surface area contributed by atoms with Crippen LogP contribution < -0.4 is 5.43 Å². The highest BCUT2D eigenvalue weighted by Crippen LogP contribution is 2.34. The Morgan fingerprint density at radius 1 is 1.12 bits per heavy atom. The minimum atomic E-state index is -0.477. The van der Waals surface area contributed by atoms with Gasteiger partial charge in [0, 0.05) is 6.07 Å². The molecule has 0 aliphatic carbocycles. The first-order valence-electron chi connectivity index (χ1n) is 6.89. The Balaban J connectivity index is 1.88. The summed E-state index contributed by atoms with van der Waals surface area (Å²) in [6, 6.07) is 15.4. The maximum atomic E-state index is 12.5. The van der Waals surface area contributed by atoms with E-state index in [9.17, 15) is 14.9 Å². The van der Waals surface area contributed by atoms with Gasteiger partial charge >= 0.3 is 0 Å². The molecule has 0 spiro atoms. The molecule has 2 aromatic carbocycles. The minimum absolute atomic E-state index is 0.0567. The van der Waals surface area contributed by atoms with E-state index in [4.69, 9.17) is 12.2 Å². The summed E-state index contributed by atoms with van der Waals surface area (Å²) in [5, 5.41) is 12.3. The molecule has 0 unspecified atom stereocenters. The lowest BCUT2D eigenvalue weighted by Gasteiger charge is -2.16. The molecule has 1 aliphatic heterocycles. The zero-order valence-electron chi connectivity index (χ0n) is 12.2. The highest BCUT2D eigenvalue weighted by Gasteiger charge is 2.33. The highest BCUT2D eigenvalue weighted by atomic mass is 32.2. The van der Waals surface area contributed by atoms with Crippen LogP contribution in [0.15, 0.2) is 59.5 Å². The van der Waals surface area contributed by atoms with Gasteiger partial charge in [0.1, 0.15) is 0 Å². The summed E-state index contributed by atoms with van der Waals surface area (Å²) in [5.41, 5.74) is 3.97. The second kappa shape index (κ2) is 6.81. The van der Waals surface area contributed by atoms with Gasteiger partial charge in [0.15, 0.2) is 4.32 Å². The molecule has 6 nitrogen and oxygen atoms in total. The molecule has 0 aromatic heterocycles. The lowest BCUT2D eigenvalue weighted by atomic mass is 10.1. The van der Waals surface area contributed by atoms with E-state index in [2.05, 4.69) is 5.43 Å². The number of nitro benzene ring substituents is 1. The number of carbonyl (C=O) groups is 1. The summed E-state index contributed by atoms with van der Waals surface area (Å²) in [4.78, 5) is 23.5. The third kappa shape index (κ3) is 3.29. The molecule has 0 bridgehead atoms. The number of rotatable bonds is 4. The van der Waals surface area contributed by atoms with Crippen molar-refractivity contribution in [2.45, 2.75) is 0 Å². The zero-order chi connectivity index (χ0) is 17.1. The maximum Gasteiger partial charge on any atom is 0.285 e. The lowest BCUT2D eigenvalue weighted by molar-refractivity contribution is -0.385. The molecule has 1 fully saturated rings. The summed E-state index contributed by atoms with van der Waals surface area (Å²) in [6.07, 6.45) is 1.49. The van der Waals surface area contributed by atoms with Gasteiger partial charge in [-0.15, -0.1) is 0 Å². The van der Waals surface area contributed by atoms with Crippen molar-refractivity contribution in [1.82, 2.24) is 5.01 Å². The van der Waals surface area contributed by atoms with Crippen LogP contribution in [0.4, 0.5) is 11.4 Å². The Labute approximate surface area is 147 Å². The monoisotopic (exact) mass is 357 g/mol. The molecule has 1 aliphatic rings. The van der Waals surface area contributed by atoms with Gasteiger partial charge in [-0.2, -0.15) is 0 Å². The predicted molar refractivity (Wildman–Crippen MR) is 98.2 cm³/mol. The normalized spacial score (nSPS) is 15.8. The van der Waals surface area contributed by atoms with Crippen molar-refractivity contribution < 1.29 is 9.72 Å². The van der Waals surface area contributed by atoms with E-state index in [1.807, 2.05) is 30.3 Å². The zero-order valence-corrected chi connectivity index (χ0v) is 13.8. The molecule has 3 rings (SSSR count). The minimum Gasteiger partial charge on any atom is -0.290 e. The van der Waals surface area contributed by atoms with Crippen LogP contribution >= 0.6 is 24.0 Å². The summed E-state index contributed by atoms with van der Waals surface area (Å²) in [6.45, 7) is 0. The molecule has 1 heterocycles. The molecule has 0 radical (unpaired) electrons. The van der Waals surface area contributed by atoms with Crippen LogP contribution in [0.1, 0.15) is 5.56 Å². The van der Waals surface area contributed by atoms with Crippen molar-refractivity contribution in [3.8, 4) is 0 Å². The number of nitrogens with one attached hydrogen (secondary N) is 1. The second-order valence-electron chi connectivity index (χ2n) is 4.81. The standard InChI is InChI=1S/C16H11N3O3S2/c20-15-14(10-11-6-4-5-9-13(11)19(21)22)24-16(23)18(15)17-12-7-2-1-3-8-12/h1-10,17H/b14-10-. The van der Waals surface area contributed by atoms with Crippen molar-refractivity contribution >= 4 is 51.7 Å². The summed E-state index contributed by atoms with van der Waals surface area (Å²) >= 11 is 6.33. The molecular formula is C16H11N3O3S2. The van der Waals surface area contributed by atoms with Crippen LogP contribution in [-0.2, 0) is 4.79 Å². The van der Waals surface area contributed by atoms with Crippen molar-refractivity contribution in [1.29, 1.82) is 0 Å². The average molecular weight is 357 g/mol. The topological polar surface area (TPSA) is 75.5 Å². The van der Waals surface area contributed by atoms with Crippen molar-refractivity contribution in [3.05, 3.63) is 75.2 Å². The van der Waals surface area contributed by atoms with Gasteiger partial charge in [-0.05, 0) is 36.5 Å². The fourth-order valence-corrected chi connectivity index (χ4v) is 3.29. The average Bonchev–Trinajstić information content (AvgIpc) is 2.84. The highest BCUT2D eigenvalue weighted by molar-refractivity contribution is 8.26. The molecule has 2 aromatic rings. The first-order valence-corrected chi connectivity index (χ1v) is 8.12. The van der Waals surface area contributed by atoms with E-state index in [0.29, 0.717) is 14.8 Å². The molecular weight excluding hydrogens is 346 g/mol. The molecule has 1 saturated heterocycles. The number of amides is 1. The fraction of sp³-hybridized carbons (Fsp3) is 0. The molecule has 1 N–H and O–H groups in total. The molecule has 120 valence electrons. The number of para-hydroxylation sites is 2. The number of anilines is 1. The van der Waals surface area contributed by atoms with E-state index in [0.717, 1.165) is 17.4 Å². The van der Waals surface area contributed by atoms with E-state index < -0.39 is 4.92 Å². The third-order valence-corrected chi connectivity index (χ3v) is 4.53. The first kappa shape index (κ1) is 16.2. The van der Waals surface area contributed by atoms with Gasteiger partial charge in [-0.25, -0.2) is 5.01 Å². The van der Waals surface area contributed by atoms with Gasteiger partial charge in [-0.3, -0.25) is 20.3 Å². The van der Waals surface area contributed by atoms with E-state index in [1.165, 1.54) is 17.2 Å². The summed E-state index contributed by atoms with van der Waals surface area (Å²) in [5.74, 6) is -0.341. The Morgan fingerprint density at radius 2 is 1.79 bits per heavy atom. The number of hydrogen-bond acceptors (Lipinski definition) is 6. The molecule has 8 heteroatoms. The number of thiocarbonyl (C=S) groups is 1. The maximum absolute atomic E-state index is 12.5. The van der Waals surface area contributed by atoms with Crippen molar-refractivity contribution in [3.63, 3.8) is 0 Å². The quantitative estimate of drug-likeness (QED) is 0.388. The van der Waals surface area contributed by atoms with Gasteiger partial charge in [-0.1, -0.05) is 42.1 Å².